The van der Waals surface area contributed by atoms with Crippen LogP contribution in [0, 0.1) is 0 Å². The second kappa shape index (κ2) is 8.67. The van der Waals surface area contributed by atoms with E-state index in [0.29, 0.717) is 0 Å². The van der Waals surface area contributed by atoms with E-state index in [-0.39, 0.29) is 18.2 Å². The van der Waals surface area contributed by atoms with Gasteiger partial charge in [-0.3, -0.25) is 4.90 Å². The Hall–Kier alpha value is -2.32. The predicted octanol–water partition coefficient (Wildman–Crippen LogP) is 4.06. The van der Waals surface area contributed by atoms with Crippen LogP contribution in [0.1, 0.15) is 38.2 Å². The Balaban J connectivity index is 1.54. The number of benzene rings is 1. The number of thiazole rings is 1. The number of rotatable bonds is 4. The van der Waals surface area contributed by atoms with Gasteiger partial charge in [-0.25, -0.2) is 9.78 Å². The topological polar surface area (TPSA) is 66.9 Å². The molecule has 1 saturated heterocycles. The SMILES string of the molecule is COC(=O)N1c2ccc(-c3csc(N4CCNCC4)n3)c(OC3CCC3)c2CC[C@@H]1C. The molecule has 31 heavy (non-hydrogen) atoms. The lowest BCUT2D eigenvalue weighted by atomic mass is 9.92. The van der Waals surface area contributed by atoms with Crippen molar-refractivity contribution in [3.8, 4) is 17.0 Å². The molecule has 1 N–H and O–H groups in total. The largest absolute Gasteiger partial charge is 0.489 e. The zero-order chi connectivity index (χ0) is 21.4. The number of nitrogens with zero attached hydrogens (tertiary/aromatic N) is 3. The van der Waals surface area contributed by atoms with Crippen molar-refractivity contribution in [1.29, 1.82) is 0 Å². The highest BCUT2D eigenvalue weighted by molar-refractivity contribution is 7.14. The Bertz CT molecular complexity index is 952. The highest BCUT2D eigenvalue weighted by Crippen LogP contribution is 2.45. The first-order valence-electron chi connectivity index (χ1n) is 11.3. The number of fused-ring (bicyclic) bond motifs is 1. The third-order valence-corrected chi connectivity index (χ3v) is 7.51. The van der Waals surface area contributed by atoms with Crippen LogP contribution in [0.5, 0.6) is 5.75 Å². The summed E-state index contributed by atoms with van der Waals surface area (Å²) in [7, 11) is 1.44. The monoisotopic (exact) mass is 442 g/mol. The number of amides is 1. The molecule has 1 atom stereocenters. The highest BCUT2D eigenvalue weighted by Gasteiger charge is 2.33. The molecule has 2 aliphatic heterocycles. The van der Waals surface area contributed by atoms with Crippen molar-refractivity contribution in [1.82, 2.24) is 10.3 Å². The highest BCUT2D eigenvalue weighted by atomic mass is 32.1. The molecule has 0 bridgehead atoms. The number of ether oxygens (including phenoxy) is 2. The second-order valence-corrected chi connectivity index (χ2v) is 9.43. The number of aromatic nitrogens is 1. The Morgan fingerprint density at radius 1 is 1.23 bits per heavy atom. The molecule has 8 heteroatoms. The number of nitrogens with one attached hydrogen (secondary N) is 1. The predicted molar refractivity (Wildman–Crippen MR) is 124 cm³/mol. The van der Waals surface area contributed by atoms with Gasteiger partial charge >= 0.3 is 6.09 Å². The third kappa shape index (κ3) is 3.87. The maximum atomic E-state index is 12.5. The van der Waals surface area contributed by atoms with Gasteiger partial charge in [-0.1, -0.05) is 0 Å². The number of anilines is 2. The first-order valence-corrected chi connectivity index (χ1v) is 12.1. The van der Waals surface area contributed by atoms with Crippen LogP contribution in [0.3, 0.4) is 0 Å². The molecular weight excluding hydrogens is 412 g/mol. The molecule has 2 fully saturated rings. The molecule has 0 spiro atoms. The van der Waals surface area contributed by atoms with E-state index >= 15 is 0 Å². The summed E-state index contributed by atoms with van der Waals surface area (Å²) in [4.78, 5) is 21.6. The van der Waals surface area contributed by atoms with Gasteiger partial charge in [-0.2, -0.15) is 0 Å². The lowest BCUT2D eigenvalue weighted by Crippen LogP contribution is -2.43. The van der Waals surface area contributed by atoms with Gasteiger partial charge in [0.15, 0.2) is 5.13 Å². The van der Waals surface area contributed by atoms with Crippen molar-refractivity contribution < 1.29 is 14.3 Å². The average molecular weight is 443 g/mol. The molecule has 1 amide bonds. The smallest absolute Gasteiger partial charge is 0.414 e. The standard InChI is InChI=1S/C23H30N4O3S/c1-15-6-7-18-20(27(15)23(28)29-2)9-8-17(21(18)30-16-4-3-5-16)19-14-31-22(25-19)26-12-10-24-11-13-26/h8-9,14-16,24H,3-7,10-13H2,1-2H3/t15-/m0/s1. The molecule has 3 aliphatic rings. The van der Waals surface area contributed by atoms with Gasteiger partial charge < -0.3 is 19.7 Å². The third-order valence-electron chi connectivity index (χ3n) is 6.61. The van der Waals surface area contributed by atoms with Crippen LogP contribution in [0.25, 0.3) is 11.3 Å². The van der Waals surface area contributed by atoms with Crippen LogP contribution in [0.2, 0.25) is 0 Å². The summed E-state index contributed by atoms with van der Waals surface area (Å²) in [5.41, 5.74) is 3.99. The normalized spacial score (nSPS) is 21.4. The molecule has 1 aliphatic carbocycles. The van der Waals surface area contributed by atoms with E-state index in [9.17, 15) is 4.79 Å². The number of methoxy groups -OCH3 is 1. The summed E-state index contributed by atoms with van der Waals surface area (Å²) in [5, 5.41) is 6.59. The fourth-order valence-electron chi connectivity index (χ4n) is 4.56. The summed E-state index contributed by atoms with van der Waals surface area (Å²) >= 11 is 1.69. The molecule has 1 saturated carbocycles. The summed E-state index contributed by atoms with van der Waals surface area (Å²) < 4.78 is 11.6. The summed E-state index contributed by atoms with van der Waals surface area (Å²) in [6.45, 7) is 6.01. The van der Waals surface area contributed by atoms with Gasteiger partial charge in [0.1, 0.15) is 5.75 Å². The number of carbonyl (C=O) groups is 1. The fourth-order valence-corrected chi connectivity index (χ4v) is 5.44. The van der Waals surface area contributed by atoms with Crippen molar-refractivity contribution in [2.24, 2.45) is 0 Å². The average Bonchev–Trinajstić information content (AvgIpc) is 3.26. The summed E-state index contributed by atoms with van der Waals surface area (Å²) in [5.74, 6) is 0.903. The Morgan fingerprint density at radius 2 is 2.03 bits per heavy atom. The van der Waals surface area contributed by atoms with E-state index in [4.69, 9.17) is 14.5 Å². The first-order chi connectivity index (χ1) is 15.2. The zero-order valence-corrected chi connectivity index (χ0v) is 19.0. The van der Waals surface area contributed by atoms with Gasteiger partial charge in [0, 0.05) is 48.7 Å². The molecule has 7 nitrogen and oxygen atoms in total. The van der Waals surface area contributed by atoms with Crippen LogP contribution in [0.15, 0.2) is 17.5 Å². The van der Waals surface area contributed by atoms with E-state index in [1.165, 1.54) is 13.5 Å². The quantitative estimate of drug-likeness (QED) is 0.770. The van der Waals surface area contributed by atoms with Crippen molar-refractivity contribution in [3.05, 3.63) is 23.1 Å². The molecule has 5 rings (SSSR count). The minimum Gasteiger partial charge on any atom is -0.489 e. The van der Waals surface area contributed by atoms with E-state index < -0.39 is 0 Å². The van der Waals surface area contributed by atoms with Gasteiger partial charge in [-0.05, 0) is 51.2 Å². The van der Waals surface area contributed by atoms with E-state index in [2.05, 4.69) is 28.6 Å². The van der Waals surface area contributed by atoms with Crippen LogP contribution in [0.4, 0.5) is 15.6 Å². The van der Waals surface area contributed by atoms with Crippen LogP contribution < -0.4 is 19.9 Å². The lowest BCUT2D eigenvalue weighted by molar-refractivity contribution is 0.119. The van der Waals surface area contributed by atoms with Crippen LogP contribution in [-0.2, 0) is 11.2 Å². The molecule has 0 radical (unpaired) electrons. The van der Waals surface area contributed by atoms with Crippen molar-refractivity contribution in [2.45, 2.75) is 51.2 Å². The van der Waals surface area contributed by atoms with E-state index in [1.807, 2.05) is 6.07 Å². The van der Waals surface area contributed by atoms with E-state index in [1.54, 1.807) is 16.2 Å². The van der Waals surface area contributed by atoms with E-state index in [0.717, 1.165) is 85.3 Å². The van der Waals surface area contributed by atoms with Gasteiger partial charge in [0.2, 0.25) is 0 Å². The van der Waals surface area contributed by atoms with Crippen LogP contribution >= 0.6 is 11.3 Å². The molecule has 0 unspecified atom stereocenters. The van der Waals surface area contributed by atoms with Gasteiger partial charge in [-0.15, -0.1) is 11.3 Å². The maximum Gasteiger partial charge on any atom is 0.414 e. The Labute approximate surface area is 187 Å². The van der Waals surface area contributed by atoms with Crippen molar-refractivity contribution in [3.63, 3.8) is 0 Å². The summed E-state index contributed by atoms with van der Waals surface area (Å²) in [6.07, 6.45) is 5.09. The molecule has 1 aromatic heterocycles. The molecule has 3 heterocycles. The molecule has 2 aromatic rings. The minimum absolute atomic E-state index is 0.0981. The number of hydrogen-bond donors (Lipinski definition) is 1. The molecular formula is C23H30N4O3S. The minimum atomic E-state index is -0.314. The number of carbonyl (C=O) groups excluding carboxylic acids is 1. The van der Waals surface area contributed by atoms with Gasteiger partial charge in [0.25, 0.3) is 0 Å². The van der Waals surface area contributed by atoms with Gasteiger partial charge in [0.05, 0.1) is 24.6 Å². The fraction of sp³-hybridized carbons (Fsp3) is 0.565. The second-order valence-electron chi connectivity index (χ2n) is 8.59. The van der Waals surface area contributed by atoms with Crippen molar-refractivity contribution >= 4 is 28.2 Å². The van der Waals surface area contributed by atoms with Crippen molar-refractivity contribution in [2.75, 3.05) is 43.1 Å². The molecule has 166 valence electrons. The number of hydrogen-bond acceptors (Lipinski definition) is 7. The zero-order valence-electron chi connectivity index (χ0n) is 18.2. The van der Waals surface area contributed by atoms with Crippen LogP contribution in [-0.4, -0.2) is 56.5 Å². The first kappa shape index (κ1) is 20.6. The lowest BCUT2D eigenvalue weighted by Gasteiger charge is -2.36. The maximum absolute atomic E-state index is 12.5. The Kier molecular flexibility index (Phi) is 5.75. The summed E-state index contributed by atoms with van der Waals surface area (Å²) in [6, 6.07) is 4.20. The molecule has 1 aromatic carbocycles. The Morgan fingerprint density at radius 3 is 2.74 bits per heavy atom. The number of piperazine rings is 1.